The van der Waals surface area contributed by atoms with Crippen LogP contribution in [-0.2, 0) is 11.3 Å². The molecule has 0 unspecified atom stereocenters. The van der Waals surface area contributed by atoms with E-state index in [0.29, 0.717) is 24.2 Å². The number of benzene rings is 2. The maximum absolute atomic E-state index is 11.6. The van der Waals surface area contributed by atoms with Crippen molar-refractivity contribution in [1.82, 2.24) is 5.32 Å². The summed E-state index contributed by atoms with van der Waals surface area (Å²) in [6, 6.07) is 14.1. The summed E-state index contributed by atoms with van der Waals surface area (Å²) in [6.45, 7) is 0.588. The van der Waals surface area contributed by atoms with Gasteiger partial charge in [0.05, 0.1) is 5.56 Å². The Hall–Kier alpha value is -3.28. The SMILES string of the molecule is Nc1cccc(C(=O)O)c1C=CCCNC(=O)OCc1ccccc1. The van der Waals surface area contributed by atoms with Crippen LogP contribution in [0.3, 0.4) is 0 Å². The van der Waals surface area contributed by atoms with E-state index >= 15 is 0 Å². The van der Waals surface area contributed by atoms with Gasteiger partial charge in [0.25, 0.3) is 0 Å². The predicted molar refractivity (Wildman–Crippen MR) is 96.1 cm³/mol. The van der Waals surface area contributed by atoms with Gasteiger partial charge in [-0.15, -0.1) is 0 Å². The first-order chi connectivity index (χ1) is 12.1. The largest absolute Gasteiger partial charge is 0.478 e. The molecule has 0 saturated carbocycles. The third kappa shape index (κ3) is 5.69. The lowest BCUT2D eigenvalue weighted by atomic mass is 10.0. The first-order valence-corrected chi connectivity index (χ1v) is 7.81. The van der Waals surface area contributed by atoms with Crippen LogP contribution >= 0.6 is 0 Å². The van der Waals surface area contributed by atoms with E-state index < -0.39 is 12.1 Å². The number of alkyl carbamates (subject to hydrolysis) is 1. The quantitative estimate of drug-likeness (QED) is 0.530. The molecule has 2 rings (SSSR count). The van der Waals surface area contributed by atoms with Crippen LogP contribution in [0, 0.1) is 0 Å². The standard InChI is InChI=1S/C19H20N2O4/c20-17-11-6-10-16(18(22)23)15(17)9-4-5-12-21-19(24)25-13-14-7-2-1-3-8-14/h1-4,6-11H,5,12-13,20H2,(H,21,24)(H,22,23). The molecule has 2 aromatic carbocycles. The number of hydrogen-bond donors (Lipinski definition) is 3. The molecule has 1 amide bonds. The maximum atomic E-state index is 11.6. The molecule has 0 spiro atoms. The summed E-state index contributed by atoms with van der Waals surface area (Å²) >= 11 is 0. The third-order valence-electron chi connectivity index (χ3n) is 3.45. The Morgan fingerprint density at radius 3 is 2.60 bits per heavy atom. The molecule has 0 fully saturated rings. The van der Waals surface area contributed by atoms with E-state index in [-0.39, 0.29) is 12.2 Å². The summed E-state index contributed by atoms with van der Waals surface area (Å²) in [5.41, 5.74) is 7.73. The zero-order valence-electron chi connectivity index (χ0n) is 13.6. The Kier molecular flexibility index (Phi) is 6.59. The molecule has 0 bridgehead atoms. The van der Waals surface area contributed by atoms with E-state index in [1.807, 2.05) is 30.3 Å². The number of nitrogens with one attached hydrogen (secondary N) is 1. The Balaban J connectivity index is 1.77. The minimum Gasteiger partial charge on any atom is -0.478 e. The molecule has 0 heterocycles. The van der Waals surface area contributed by atoms with Crippen LogP contribution in [0.25, 0.3) is 6.08 Å². The number of nitrogens with two attached hydrogens (primary N) is 1. The van der Waals surface area contributed by atoms with Crippen LogP contribution in [0.15, 0.2) is 54.6 Å². The molecule has 0 atom stereocenters. The van der Waals surface area contributed by atoms with Gasteiger partial charge >= 0.3 is 12.1 Å². The van der Waals surface area contributed by atoms with E-state index in [2.05, 4.69) is 5.32 Å². The minimum atomic E-state index is -1.03. The Bertz CT molecular complexity index is 757. The van der Waals surface area contributed by atoms with Crippen molar-refractivity contribution in [1.29, 1.82) is 0 Å². The van der Waals surface area contributed by atoms with Gasteiger partial charge in [0, 0.05) is 17.8 Å². The second-order valence-electron chi connectivity index (χ2n) is 5.29. The van der Waals surface area contributed by atoms with Crippen LogP contribution in [0.2, 0.25) is 0 Å². The van der Waals surface area contributed by atoms with Crippen molar-refractivity contribution in [3.05, 3.63) is 71.3 Å². The van der Waals surface area contributed by atoms with E-state index in [4.69, 9.17) is 15.6 Å². The number of nitrogen functional groups attached to an aromatic ring is 1. The van der Waals surface area contributed by atoms with Crippen LogP contribution in [0.1, 0.15) is 27.9 Å². The van der Waals surface area contributed by atoms with Gasteiger partial charge in [0.15, 0.2) is 0 Å². The summed E-state index contributed by atoms with van der Waals surface area (Å²) in [4.78, 5) is 22.8. The summed E-state index contributed by atoms with van der Waals surface area (Å²) < 4.78 is 5.09. The number of anilines is 1. The predicted octanol–water partition coefficient (Wildman–Crippen LogP) is 3.30. The Labute approximate surface area is 145 Å². The van der Waals surface area contributed by atoms with Gasteiger partial charge in [0.2, 0.25) is 0 Å². The van der Waals surface area contributed by atoms with Gasteiger partial charge in [-0.25, -0.2) is 9.59 Å². The molecule has 130 valence electrons. The molecule has 6 heteroatoms. The number of carbonyl (C=O) groups is 2. The molecule has 4 N–H and O–H groups in total. The second kappa shape index (κ2) is 9.12. The molecule has 0 aliphatic carbocycles. The smallest absolute Gasteiger partial charge is 0.407 e. The number of ether oxygens (including phenoxy) is 1. The number of carbonyl (C=O) groups excluding carboxylic acids is 1. The van der Waals surface area contributed by atoms with Crippen LogP contribution in [0.4, 0.5) is 10.5 Å². The van der Waals surface area contributed by atoms with Gasteiger partial charge in [-0.05, 0) is 24.1 Å². The minimum absolute atomic E-state index is 0.145. The fourth-order valence-corrected chi connectivity index (χ4v) is 2.19. The first-order valence-electron chi connectivity index (χ1n) is 7.81. The number of amides is 1. The monoisotopic (exact) mass is 340 g/mol. The van der Waals surface area contributed by atoms with E-state index in [1.165, 1.54) is 6.07 Å². The number of hydrogen-bond acceptors (Lipinski definition) is 4. The highest BCUT2D eigenvalue weighted by Crippen LogP contribution is 2.19. The summed E-state index contributed by atoms with van der Waals surface area (Å²) in [5.74, 6) is -1.03. The van der Waals surface area contributed by atoms with Gasteiger partial charge in [-0.2, -0.15) is 0 Å². The van der Waals surface area contributed by atoms with Crippen molar-refractivity contribution in [3.63, 3.8) is 0 Å². The zero-order valence-corrected chi connectivity index (χ0v) is 13.6. The Morgan fingerprint density at radius 2 is 1.88 bits per heavy atom. The van der Waals surface area contributed by atoms with Crippen molar-refractivity contribution < 1.29 is 19.4 Å². The highest BCUT2D eigenvalue weighted by atomic mass is 16.5. The normalized spacial score (nSPS) is 10.6. The lowest BCUT2D eigenvalue weighted by Crippen LogP contribution is -2.24. The van der Waals surface area contributed by atoms with Gasteiger partial charge in [0.1, 0.15) is 6.61 Å². The van der Waals surface area contributed by atoms with Crippen molar-refractivity contribution in [2.75, 3.05) is 12.3 Å². The fraction of sp³-hybridized carbons (Fsp3) is 0.158. The molecule has 0 radical (unpaired) electrons. The number of carboxylic acid groups (broad SMARTS) is 1. The topological polar surface area (TPSA) is 102 Å². The Morgan fingerprint density at radius 1 is 1.12 bits per heavy atom. The van der Waals surface area contributed by atoms with E-state index in [1.54, 1.807) is 24.3 Å². The zero-order chi connectivity index (χ0) is 18.1. The molecule has 0 saturated heterocycles. The number of rotatable bonds is 7. The molecule has 0 aliphatic rings. The van der Waals surface area contributed by atoms with Crippen LogP contribution in [0.5, 0.6) is 0 Å². The molecular weight excluding hydrogens is 320 g/mol. The molecule has 6 nitrogen and oxygen atoms in total. The van der Waals surface area contributed by atoms with E-state index in [9.17, 15) is 9.59 Å². The third-order valence-corrected chi connectivity index (χ3v) is 3.45. The van der Waals surface area contributed by atoms with Crippen LogP contribution < -0.4 is 11.1 Å². The van der Waals surface area contributed by atoms with Crippen molar-refractivity contribution in [3.8, 4) is 0 Å². The fourth-order valence-electron chi connectivity index (χ4n) is 2.19. The maximum Gasteiger partial charge on any atom is 0.407 e. The molecule has 0 aromatic heterocycles. The first kappa shape index (κ1) is 18.1. The number of carboxylic acids is 1. The van der Waals surface area contributed by atoms with E-state index in [0.717, 1.165) is 5.56 Å². The van der Waals surface area contributed by atoms with Crippen molar-refractivity contribution >= 4 is 23.8 Å². The highest BCUT2D eigenvalue weighted by molar-refractivity contribution is 5.94. The molecular formula is C19H20N2O4. The summed E-state index contributed by atoms with van der Waals surface area (Å²) in [7, 11) is 0. The van der Waals surface area contributed by atoms with Gasteiger partial charge < -0.3 is 20.9 Å². The molecule has 0 aliphatic heterocycles. The van der Waals surface area contributed by atoms with Gasteiger partial charge in [-0.3, -0.25) is 0 Å². The second-order valence-corrected chi connectivity index (χ2v) is 5.29. The summed E-state index contributed by atoms with van der Waals surface area (Å²) in [6.07, 6.45) is 3.43. The van der Waals surface area contributed by atoms with Crippen LogP contribution in [-0.4, -0.2) is 23.7 Å². The lowest BCUT2D eigenvalue weighted by Gasteiger charge is -2.06. The lowest BCUT2D eigenvalue weighted by molar-refractivity contribution is 0.0696. The average molecular weight is 340 g/mol. The van der Waals surface area contributed by atoms with Crippen molar-refractivity contribution in [2.45, 2.75) is 13.0 Å². The number of aromatic carboxylic acids is 1. The molecule has 2 aromatic rings. The van der Waals surface area contributed by atoms with Gasteiger partial charge in [-0.1, -0.05) is 48.6 Å². The average Bonchev–Trinajstić information content (AvgIpc) is 2.61. The van der Waals surface area contributed by atoms with Crippen molar-refractivity contribution in [2.24, 2.45) is 0 Å². The summed E-state index contributed by atoms with van der Waals surface area (Å²) in [5, 5.41) is 11.8. The highest BCUT2D eigenvalue weighted by Gasteiger charge is 2.09. The molecule has 25 heavy (non-hydrogen) atoms.